The SMILES string of the molecule is COc1ccc(CCC(=O)N[C@H](CC(=O)O)C(=O)O)cc1. The van der Waals surface area contributed by atoms with Crippen LogP contribution in [-0.2, 0) is 20.8 Å². The van der Waals surface area contributed by atoms with Gasteiger partial charge < -0.3 is 20.3 Å². The highest BCUT2D eigenvalue weighted by atomic mass is 16.5. The van der Waals surface area contributed by atoms with Crippen molar-refractivity contribution in [1.29, 1.82) is 0 Å². The van der Waals surface area contributed by atoms with Crippen molar-refractivity contribution < 1.29 is 29.3 Å². The minimum absolute atomic E-state index is 0.0791. The molecule has 1 aromatic carbocycles. The van der Waals surface area contributed by atoms with Gasteiger partial charge in [-0.15, -0.1) is 0 Å². The summed E-state index contributed by atoms with van der Waals surface area (Å²) in [6.45, 7) is 0. The van der Waals surface area contributed by atoms with E-state index in [4.69, 9.17) is 14.9 Å². The van der Waals surface area contributed by atoms with E-state index >= 15 is 0 Å². The van der Waals surface area contributed by atoms with Gasteiger partial charge in [0, 0.05) is 6.42 Å². The Morgan fingerprint density at radius 2 is 1.81 bits per heavy atom. The molecule has 3 N–H and O–H groups in total. The molecule has 114 valence electrons. The third-order valence-electron chi connectivity index (χ3n) is 2.81. The number of hydrogen-bond acceptors (Lipinski definition) is 4. The molecule has 1 amide bonds. The molecule has 0 aliphatic carbocycles. The fourth-order valence-corrected chi connectivity index (χ4v) is 1.69. The van der Waals surface area contributed by atoms with Crippen molar-refractivity contribution in [3.63, 3.8) is 0 Å². The number of methoxy groups -OCH3 is 1. The summed E-state index contributed by atoms with van der Waals surface area (Å²) in [6.07, 6.45) is -0.144. The highest BCUT2D eigenvalue weighted by Crippen LogP contribution is 2.12. The van der Waals surface area contributed by atoms with Gasteiger partial charge in [-0.05, 0) is 24.1 Å². The molecule has 0 saturated heterocycles. The molecule has 7 nitrogen and oxygen atoms in total. The molecule has 0 aliphatic heterocycles. The second-order valence-corrected chi connectivity index (χ2v) is 4.40. The summed E-state index contributed by atoms with van der Waals surface area (Å²) in [5, 5.41) is 19.6. The topological polar surface area (TPSA) is 113 Å². The number of benzene rings is 1. The molecule has 0 unspecified atom stereocenters. The predicted molar refractivity (Wildman–Crippen MR) is 73.1 cm³/mol. The first kappa shape index (κ1) is 16.5. The lowest BCUT2D eigenvalue weighted by Gasteiger charge is -2.12. The van der Waals surface area contributed by atoms with Crippen LogP contribution in [0, 0.1) is 0 Å². The average Bonchev–Trinajstić information content (AvgIpc) is 2.44. The minimum Gasteiger partial charge on any atom is -0.497 e. The third kappa shape index (κ3) is 5.94. The number of carboxylic acid groups (broad SMARTS) is 2. The van der Waals surface area contributed by atoms with Gasteiger partial charge in [-0.3, -0.25) is 9.59 Å². The second-order valence-electron chi connectivity index (χ2n) is 4.40. The summed E-state index contributed by atoms with van der Waals surface area (Å²) in [7, 11) is 1.55. The molecule has 0 spiro atoms. The van der Waals surface area contributed by atoms with Gasteiger partial charge in [-0.1, -0.05) is 12.1 Å². The molecular weight excluding hydrogens is 278 g/mol. The largest absolute Gasteiger partial charge is 0.497 e. The molecule has 0 aromatic heterocycles. The van der Waals surface area contributed by atoms with Crippen LogP contribution in [0.2, 0.25) is 0 Å². The van der Waals surface area contributed by atoms with Crippen LogP contribution in [0.1, 0.15) is 18.4 Å². The van der Waals surface area contributed by atoms with E-state index in [0.717, 1.165) is 5.56 Å². The number of hydrogen-bond donors (Lipinski definition) is 3. The maximum absolute atomic E-state index is 11.6. The van der Waals surface area contributed by atoms with Gasteiger partial charge in [-0.25, -0.2) is 4.79 Å². The lowest BCUT2D eigenvalue weighted by atomic mass is 10.1. The van der Waals surface area contributed by atoms with Crippen LogP contribution in [-0.4, -0.2) is 41.2 Å². The van der Waals surface area contributed by atoms with Crippen molar-refractivity contribution in [3.05, 3.63) is 29.8 Å². The van der Waals surface area contributed by atoms with Crippen LogP contribution >= 0.6 is 0 Å². The number of aryl methyl sites for hydroxylation is 1. The Balaban J connectivity index is 2.48. The first-order valence-corrected chi connectivity index (χ1v) is 6.29. The number of carbonyl (C=O) groups excluding carboxylic acids is 1. The van der Waals surface area contributed by atoms with Gasteiger partial charge in [0.1, 0.15) is 11.8 Å². The summed E-state index contributed by atoms with van der Waals surface area (Å²) in [4.78, 5) is 33.0. The van der Waals surface area contributed by atoms with E-state index in [9.17, 15) is 14.4 Å². The van der Waals surface area contributed by atoms with Gasteiger partial charge in [0.2, 0.25) is 5.91 Å². The molecule has 1 rings (SSSR count). The normalized spacial score (nSPS) is 11.5. The number of nitrogens with one attached hydrogen (secondary N) is 1. The van der Waals surface area contributed by atoms with Crippen molar-refractivity contribution in [2.75, 3.05) is 7.11 Å². The van der Waals surface area contributed by atoms with E-state index in [2.05, 4.69) is 5.32 Å². The monoisotopic (exact) mass is 295 g/mol. The molecule has 0 saturated carbocycles. The van der Waals surface area contributed by atoms with E-state index < -0.39 is 30.3 Å². The summed E-state index contributed by atoms with van der Waals surface area (Å²) < 4.78 is 5.01. The van der Waals surface area contributed by atoms with Crippen LogP contribution in [0.15, 0.2) is 24.3 Å². The summed E-state index contributed by atoms with van der Waals surface area (Å²) in [5.74, 6) is -2.44. The molecule has 0 fully saturated rings. The van der Waals surface area contributed by atoms with Crippen LogP contribution in [0.4, 0.5) is 0 Å². The molecule has 7 heteroatoms. The third-order valence-corrected chi connectivity index (χ3v) is 2.81. The zero-order valence-corrected chi connectivity index (χ0v) is 11.5. The van der Waals surface area contributed by atoms with Crippen molar-refractivity contribution in [2.24, 2.45) is 0 Å². The van der Waals surface area contributed by atoms with Gasteiger partial charge in [0.25, 0.3) is 0 Å². The Bertz CT molecular complexity index is 511. The Morgan fingerprint density at radius 1 is 1.19 bits per heavy atom. The number of carbonyl (C=O) groups is 3. The van der Waals surface area contributed by atoms with E-state index in [1.165, 1.54) is 0 Å². The van der Waals surface area contributed by atoms with Gasteiger partial charge in [-0.2, -0.15) is 0 Å². The van der Waals surface area contributed by atoms with Gasteiger partial charge in [0.05, 0.1) is 13.5 Å². The van der Waals surface area contributed by atoms with Crippen molar-refractivity contribution in [1.82, 2.24) is 5.32 Å². The zero-order valence-electron chi connectivity index (χ0n) is 11.5. The Labute approximate surface area is 121 Å². The van der Waals surface area contributed by atoms with Crippen LogP contribution in [0.25, 0.3) is 0 Å². The van der Waals surface area contributed by atoms with Crippen LogP contribution in [0.5, 0.6) is 5.75 Å². The molecule has 1 atom stereocenters. The van der Waals surface area contributed by atoms with Crippen molar-refractivity contribution >= 4 is 17.8 Å². The standard InChI is InChI=1S/C14H17NO6/c1-21-10-5-2-9(3-6-10)4-7-12(16)15-11(14(19)20)8-13(17)18/h2-3,5-6,11H,4,7-8H2,1H3,(H,15,16)(H,17,18)(H,19,20)/t11-/m1/s1. The second kappa shape index (κ2) is 7.88. The number of rotatable bonds is 8. The van der Waals surface area contributed by atoms with E-state index in [-0.39, 0.29) is 6.42 Å². The summed E-state index contributed by atoms with van der Waals surface area (Å²) >= 11 is 0. The van der Waals surface area contributed by atoms with Crippen molar-refractivity contribution in [3.8, 4) is 5.75 Å². The molecular formula is C14H17NO6. The highest BCUT2D eigenvalue weighted by Gasteiger charge is 2.22. The van der Waals surface area contributed by atoms with Crippen molar-refractivity contribution in [2.45, 2.75) is 25.3 Å². The maximum Gasteiger partial charge on any atom is 0.326 e. The fourth-order valence-electron chi connectivity index (χ4n) is 1.69. The fraction of sp³-hybridized carbons (Fsp3) is 0.357. The molecule has 0 heterocycles. The molecule has 1 aromatic rings. The first-order valence-electron chi connectivity index (χ1n) is 6.29. The Morgan fingerprint density at radius 3 is 2.29 bits per heavy atom. The average molecular weight is 295 g/mol. The lowest BCUT2D eigenvalue weighted by molar-refractivity contribution is -0.147. The van der Waals surface area contributed by atoms with E-state index in [1.807, 2.05) is 0 Å². The number of carboxylic acids is 2. The van der Waals surface area contributed by atoms with E-state index in [1.54, 1.807) is 31.4 Å². The van der Waals surface area contributed by atoms with Gasteiger partial charge in [0.15, 0.2) is 0 Å². The zero-order chi connectivity index (χ0) is 15.8. The molecule has 0 radical (unpaired) electrons. The minimum atomic E-state index is -1.41. The molecule has 0 aliphatic rings. The maximum atomic E-state index is 11.6. The predicted octanol–water partition coefficient (Wildman–Crippen LogP) is 0.672. The highest BCUT2D eigenvalue weighted by molar-refractivity contribution is 5.86. The van der Waals surface area contributed by atoms with E-state index in [0.29, 0.717) is 12.2 Å². The van der Waals surface area contributed by atoms with Crippen LogP contribution < -0.4 is 10.1 Å². The molecule has 21 heavy (non-hydrogen) atoms. The lowest BCUT2D eigenvalue weighted by Crippen LogP contribution is -2.42. The Kier molecular flexibility index (Phi) is 6.19. The number of aliphatic carboxylic acids is 2. The first-order chi connectivity index (χ1) is 9.92. The Hall–Kier alpha value is -2.57. The smallest absolute Gasteiger partial charge is 0.326 e. The summed E-state index contributed by atoms with van der Waals surface area (Å²) in [5.41, 5.74) is 0.899. The molecule has 0 bridgehead atoms. The van der Waals surface area contributed by atoms with Gasteiger partial charge >= 0.3 is 11.9 Å². The number of ether oxygens (including phenoxy) is 1. The summed E-state index contributed by atoms with van der Waals surface area (Å²) in [6, 6.07) is 5.72. The quantitative estimate of drug-likeness (QED) is 0.649. The van der Waals surface area contributed by atoms with Crippen LogP contribution in [0.3, 0.4) is 0 Å². The number of amides is 1.